The summed E-state index contributed by atoms with van der Waals surface area (Å²) >= 11 is 3.54. The van der Waals surface area contributed by atoms with Gasteiger partial charge in [-0.25, -0.2) is 4.98 Å². The molecule has 1 amide bonds. The van der Waals surface area contributed by atoms with Crippen LogP contribution in [0.1, 0.15) is 15.9 Å². The summed E-state index contributed by atoms with van der Waals surface area (Å²) in [7, 11) is 0. The Kier molecular flexibility index (Phi) is 4.93. The molecule has 0 saturated carbocycles. The first kappa shape index (κ1) is 16.0. The van der Waals surface area contributed by atoms with Crippen LogP contribution in [0.2, 0.25) is 0 Å². The minimum atomic E-state index is 0.0155. The minimum absolute atomic E-state index is 0.0155. The molecule has 0 aliphatic carbocycles. The van der Waals surface area contributed by atoms with Crippen molar-refractivity contribution < 1.29 is 9.53 Å². The fourth-order valence-electron chi connectivity index (χ4n) is 2.44. The third-order valence-corrected chi connectivity index (χ3v) is 4.35. The Morgan fingerprint density at radius 3 is 2.78 bits per heavy atom. The SMILES string of the molecule is Cc1ccc(Nc2cc(C(=O)N3CCOCC3)ccn2)c(Br)c1. The van der Waals surface area contributed by atoms with E-state index in [1.165, 1.54) is 5.56 Å². The van der Waals surface area contributed by atoms with E-state index in [1.807, 2.05) is 30.0 Å². The number of ether oxygens (including phenoxy) is 1. The van der Waals surface area contributed by atoms with Crippen molar-refractivity contribution in [1.82, 2.24) is 9.88 Å². The Labute approximate surface area is 143 Å². The quantitative estimate of drug-likeness (QED) is 0.893. The van der Waals surface area contributed by atoms with Gasteiger partial charge in [-0.1, -0.05) is 6.07 Å². The van der Waals surface area contributed by atoms with Crippen molar-refractivity contribution in [2.45, 2.75) is 6.92 Å². The number of carbonyl (C=O) groups is 1. The van der Waals surface area contributed by atoms with Crippen molar-refractivity contribution >= 4 is 33.3 Å². The van der Waals surface area contributed by atoms with Gasteiger partial charge in [0.05, 0.1) is 18.9 Å². The highest BCUT2D eigenvalue weighted by atomic mass is 79.9. The smallest absolute Gasteiger partial charge is 0.254 e. The summed E-state index contributed by atoms with van der Waals surface area (Å²) in [6.07, 6.45) is 1.65. The number of rotatable bonds is 3. The number of nitrogens with zero attached hydrogens (tertiary/aromatic N) is 2. The number of aromatic nitrogens is 1. The van der Waals surface area contributed by atoms with Crippen molar-refractivity contribution in [2.75, 3.05) is 31.6 Å². The van der Waals surface area contributed by atoms with E-state index in [4.69, 9.17) is 4.74 Å². The zero-order valence-corrected chi connectivity index (χ0v) is 14.5. The molecule has 23 heavy (non-hydrogen) atoms. The number of amides is 1. The monoisotopic (exact) mass is 375 g/mol. The number of aryl methyl sites for hydroxylation is 1. The number of pyridine rings is 1. The van der Waals surface area contributed by atoms with E-state index in [9.17, 15) is 4.79 Å². The molecule has 0 atom stereocenters. The minimum Gasteiger partial charge on any atom is -0.378 e. The number of halogens is 1. The second-order valence-corrected chi connectivity index (χ2v) is 6.30. The molecule has 1 aromatic heterocycles. The highest BCUT2D eigenvalue weighted by molar-refractivity contribution is 9.10. The second kappa shape index (κ2) is 7.10. The van der Waals surface area contributed by atoms with Gasteiger partial charge in [-0.3, -0.25) is 4.79 Å². The first-order chi connectivity index (χ1) is 11.1. The van der Waals surface area contributed by atoms with E-state index in [1.54, 1.807) is 18.3 Å². The van der Waals surface area contributed by atoms with Crippen LogP contribution in [-0.4, -0.2) is 42.1 Å². The number of hydrogen-bond donors (Lipinski definition) is 1. The zero-order chi connectivity index (χ0) is 16.2. The van der Waals surface area contributed by atoms with E-state index in [0.717, 1.165) is 10.2 Å². The number of morpholine rings is 1. The summed E-state index contributed by atoms with van der Waals surface area (Å²) in [5.41, 5.74) is 2.72. The third-order valence-electron chi connectivity index (χ3n) is 3.69. The van der Waals surface area contributed by atoms with E-state index in [2.05, 4.69) is 26.2 Å². The van der Waals surface area contributed by atoms with Gasteiger partial charge in [0, 0.05) is 29.3 Å². The molecule has 1 N–H and O–H groups in total. The first-order valence-electron chi connectivity index (χ1n) is 7.50. The highest BCUT2D eigenvalue weighted by Crippen LogP contribution is 2.26. The van der Waals surface area contributed by atoms with Crippen LogP contribution >= 0.6 is 15.9 Å². The van der Waals surface area contributed by atoms with Crippen molar-refractivity contribution in [3.05, 3.63) is 52.1 Å². The molecular formula is C17H18BrN3O2. The lowest BCUT2D eigenvalue weighted by molar-refractivity contribution is 0.0303. The second-order valence-electron chi connectivity index (χ2n) is 5.44. The fraction of sp³-hybridized carbons (Fsp3) is 0.294. The van der Waals surface area contributed by atoms with E-state index in [-0.39, 0.29) is 5.91 Å². The van der Waals surface area contributed by atoms with Gasteiger partial charge in [-0.2, -0.15) is 0 Å². The van der Waals surface area contributed by atoms with E-state index in [0.29, 0.717) is 37.7 Å². The molecule has 0 bridgehead atoms. The predicted molar refractivity (Wildman–Crippen MR) is 93.1 cm³/mol. The molecule has 1 saturated heterocycles. The lowest BCUT2D eigenvalue weighted by Gasteiger charge is -2.26. The standard InChI is InChI=1S/C17H18BrN3O2/c1-12-2-3-15(14(18)10-12)20-16-11-13(4-5-19-16)17(22)21-6-8-23-9-7-21/h2-5,10-11H,6-9H2,1H3,(H,19,20). The van der Waals surface area contributed by atoms with E-state index < -0.39 is 0 Å². The van der Waals surface area contributed by atoms with Gasteiger partial charge in [-0.15, -0.1) is 0 Å². The number of carbonyl (C=O) groups excluding carboxylic acids is 1. The van der Waals surface area contributed by atoms with Crippen LogP contribution in [0.4, 0.5) is 11.5 Å². The molecule has 6 heteroatoms. The molecule has 3 rings (SSSR count). The van der Waals surface area contributed by atoms with Gasteiger partial charge in [0.15, 0.2) is 0 Å². The zero-order valence-electron chi connectivity index (χ0n) is 12.9. The maximum Gasteiger partial charge on any atom is 0.254 e. The van der Waals surface area contributed by atoms with Crippen molar-refractivity contribution in [2.24, 2.45) is 0 Å². The van der Waals surface area contributed by atoms with Crippen LogP contribution in [0.15, 0.2) is 41.0 Å². The molecule has 1 aliphatic rings. The Morgan fingerprint density at radius 2 is 2.04 bits per heavy atom. The lowest BCUT2D eigenvalue weighted by atomic mass is 10.2. The van der Waals surface area contributed by atoms with Crippen LogP contribution in [0.5, 0.6) is 0 Å². The molecule has 0 radical (unpaired) electrons. The maximum atomic E-state index is 12.5. The number of hydrogen-bond acceptors (Lipinski definition) is 4. The van der Waals surface area contributed by atoms with E-state index >= 15 is 0 Å². The summed E-state index contributed by atoms with van der Waals surface area (Å²) in [6, 6.07) is 9.57. The average Bonchev–Trinajstić information content (AvgIpc) is 2.58. The summed E-state index contributed by atoms with van der Waals surface area (Å²) in [5, 5.41) is 3.24. The van der Waals surface area contributed by atoms with Gasteiger partial charge in [-0.05, 0) is 52.7 Å². The van der Waals surface area contributed by atoms with Crippen LogP contribution in [0.3, 0.4) is 0 Å². The summed E-state index contributed by atoms with van der Waals surface area (Å²) in [5.74, 6) is 0.662. The Hall–Kier alpha value is -1.92. The lowest BCUT2D eigenvalue weighted by Crippen LogP contribution is -2.40. The predicted octanol–water partition coefficient (Wildman–Crippen LogP) is 3.37. The van der Waals surface area contributed by atoms with Gasteiger partial charge >= 0.3 is 0 Å². The molecule has 120 valence electrons. The largest absolute Gasteiger partial charge is 0.378 e. The van der Waals surface area contributed by atoms with Crippen molar-refractivity contribution in [3.63, 3.8) is 0 Å². The van der Waals surface area contributed by atoms with Crippen LogP contribution in [0.25, 0.3) is 0 Å². The topological polar surface area (TPSA) is 54.5 Å². The molecule has 2 aromatic rings. The summed E-state index contributed by atoms with van der Waals surface area (Å²) < 4.78 is 6.25. The van der Waals surface area contributed by atoms with Crippen LogP contribution < -0.4 is 5.32 Å². The molecule has 5 nitrogen and oxygen atoms in total. The highest BCUT2D eigenvalue weighted by Gasteiger charge is 2.18. The fourth-order valence-corrected chi connectivity index (χ4v) is 3.03. The Balaban J connectivity index is 1.78. The maximum absolute atomic E-state index is 12.5. The number of anilines is 2. The number of benzene rings is 1. The number of nitrogens with one attached hydrogen (secondary N) is 1. The van der Waals surface area contributed by atoms with Crippen molar-refractivity contribution in [3.8, 4) is 0 Å². The molecule has 1 fully saturated rings. The molecular weight excluding hydrogens is 358 g/mol. The van der Waals surface area contributed by atoms with Crippen LogP contribution in [-0.2, 0) is 4.74 Å². The first-order valence-corrected chi connectivity index (χ1v) is 8.29. The summed E-state index contributed by atoms with van der Waals surface area (Å²) in [4.78, 5) is 18.6. The molecule has 0 unspecified atom stereocenters. The van der Waals surface area contributed by atoms with Gasteiger partial charge in [0.25, 0.3) is 5.91 Å². The average molecular weight is 376 g/mol. The molecule has 0 spiro atoms. The van der Waals surface area contributed by atoms with Crippen LogP contribution in [0, 0.1) is 6.92 Å². The van der Waals surface area contributed by atoms with Gasteiger partial charge in [0.1, 0.15) is 5.82 Å². The Morgan fingerprint density at radius 1 is 1.26 bits per heavy atom. The normalized spacial score (nSPS) is 14.6. The molecule has 1 aliphatic heterocycles. The van der Waals surface area contributed by atoms with Crippen molar-refractivity contribution in [1.29, 1.82) is 0 Å². The molecule has 2 heterocycles. The third kappa shape index (κ3) is 3.89. The summed E-state index contributed by atoms with van der Waals surface area (Å²) in [6.45, 7) is 4.49. The van der Waals surface area contributed by atoms with Gasteiger partial charge in [0.2, 0.25) is 0 Å². The Bertz CT molecular complexity index is 715. The van der Waals surface area contributed by atoms with Gasteiger partial charge < -0.3 is 15.0 Å². The molecule has 1 aromatic carbocycles.